The normalized spacial score (nSPS) is 17.8. The van der Waals surface area contributed by atoms with Gasteiger partial charge in [-0.2, -0.15) is 0 Å². The van der Waals surface area contributed by atoms with Gasteiger partial charge < -0.3 is 15.8 Å². The third kappa shape index (κ3) is 4.49. The number of nitrogens with one attached hydrogen (secondary N) is 1. The van der Waals surface area contributed by atoms with Crippen LogP contribution < -0.4 is 15.8 Å². The van der Waals surface area contributed by atoms with Crippen LogP contribution in [0, 0.1) is 5.92 Å². The summed E-state index contributed by atoms with van der Waals surface area (Å²) in [5.41, 5.74) is 6.39. The summed E-state index contributed by atoms with van der Waals surface area (Å²) < 4.78 is 5.24. The second kappa shape index (κ2) is 8.18. The number of methoxy groups -OCH3 is 1. The molecule has 0 aliphatic heterocycles. The average Bonchev–Trinajstić information content (AvgIpc) is 2.60. The number of primary amides is 1. The molecule has 1 saturated carbocycles. The third-order valence-electron chi connectivity index (χ3n) is 5.07. The minimum atomic E-state index is -0.444. The van der Waals surface area contributed by atoms with Gasteiger partial charge in [-0.05, 0) is 30.5 Å². The van der Waals surface area contributed by atoms with Gasteiger partial charge in [0.05, 0.1) is 7.11 Å². The van der Waals surface area contributed by atoms with Crippen molar-refractivity contribution in [2.24, 2.45) is 11.7 Å². The molecule has 0 unspecified atom stereocenters. The first kappa shape index (κ1) is 18.3. The predicted molar refractivity (Wildman–Crippen MR) is 93.7 cm³/mol. The number of nitrogens with two attached hydrogens (primary N) is 1. The van der Waals surface area contributed by atoms with Crippen LogP contribution in [-0.2, 0) is 15.0 Å². The Morgan fingerprint density at radius 1 is 1.21 bits per heavy atom. The second-order valence-corrected chi connectivity index (χ2v) is 6.86. The molecule has 1 fully saturated rings. The number of carbonyl (C=O) groups excluding carboxylic acids is 2. The molecule has 1 aliphatic carbocycles. The number of carbonyl (C=O) groups is 2. The molecule has 1 aromatic carbocycles. The van der Waals surface area contributed by atoms with Crippen molar-refractivity contribution in [3.05, 3.63) is 29.8 Å². The number of amides is 2. The second-order valence-electron chi connectivity index (χ2n) is 6.86. The molecule has 5 heteroatoms. The van der Waals surface area contributed by atoms with Crippen molar-refractivity contribution >= 4 is 11.8 Å². The van der Waals surface area contributed by atoms with E-state index in [-0.39, 0.29) is 23.7 Å². The van der Waals surface area contributed by atoms with Crippen LogP contribution in [0.4, 0.5) is 0 Å². The van der Waals surface area contributed by atoms with Crippen molar-refractivity contribution in [1.29, 1.82) is 0 Å². The molecule has 2 amide bonds. The lowest BCUT2D eigenvalue weighted by molar-refractivity contribution is -0.128. The topological polar surface area (TPSA) is 81.4 Å². The van der Waals surface area contributed by atoms with Crippen molar-refractivity contribution in [3.63, 3.8) is 0 Å². The molecular formula is C19H28N2O3. The highest BCUT2D eigenvalue weighted by atomic mass is 16.5. The highest BCUT2D eigenvalue weighted by Crippen LogP contribution is 2.39. The van der Waals surface area contributed by atoms with Crippen molar-refractivity contribution < 1.29 is 14.3 Å². The van der Waals surface area contributed by atoms with E-state index in [0.29, 0.717) is 6.54 Å². The van der Waals surface area contributed by atoms with Crippen molar-refractivity contribution in [2.75, 3.05) is 13.7 Å². The van der Waals surface area contributed by atoms with E-state index in [4.69, 9.17) is 10.5 Å². The standard InChI is InChI=1S/C19H28N2O3/c1-14(12-17(20)22)18(23)21-13-19(10-4-3-5-11-19)15-6-8-16(24-2)9-7-15/h6-9,14H,3-5,10-13H2,1-2H3,(H2,20,22)(H,21,23)/t14-/m0/s1. The molecule has 3 N–H and O–H groups in total. The fourth-order valence-electron chi connectivity index (χ4n) is 3.57. The number of benzene rings is 1. The Balaban J connectivity index is 2.10. The van der Waals surface area contributed by atoms with E-state index in [9.17, 15) is 9.59 Å². The lowest BCUT2D eigenvalue weighted by Gasteiger charge is -2.38. The molecule has 24 heavy (non-hydrogen) atoms. The predicted octanol–water partition coefficient (Wildman–Crippen LogP) is 2.52. The lowest BCUT2D eigenvalue weighted by atomic mass is 9.69. The average molecular weight is 332 g/mol. The van der Waals surface area contributed by atoms with Crippen LogP contribution in [0.1, 0.15) is 51.0 Å². The maximum absolute atomic E-state index is 12.3. The van der Waals surface area contributed by atoms with Crippen LogP contribution >= 0.6 is 0 Å². The van der Waals surface area contributed by atoms with Crippen molar-refractivity contribution in [2.45, 2.75) is 50.9 Å². The van der Waals surface area contributed by atoms with Crippen LogP contribution in [0.25, 0.3) is 0 Å². The molecule has 132 valence electrons. The van der Waals surface area contributed by atoms with Gasteiger partial charge in [0.2, 0.25) is 11.8 Å². The van der Waals surface area contributed by atoms with E-state index in [0.717, 1.165) is 18.6 Å². The van der Waals surface area contributed by atoms with Crippen LogP contribution in [-0.4, -0.2) is 25.5 Å². The SMILES string of the molecule is COc1ccc(C2(CNC(=O)[C@@H](C)CC(N)=O)CCCCC2)cc1. The molecule has 1 atom stereocenters. The zero-order valence-corrected chi connectivity index (χ0v) is 14.6. The number of rotatable bonds is 7. The zero-order chi connectivity index (χ0) is 17.6. The van der Waals surface area contributed by atoms with Crippen LogP contribution in [0.3, 0.4) is 0 Å². The maximum Gasteiger partial charge on any atom is 0.223 e. The minimum absolute atomic E-state index is 0.0351. The molecule has 0 radical (unpaired) electrons. The van der Waals surface area contributed by atoms with Gasteiger partial charge in [-0.3, -0.25) is 9.59 Å². The van der Waals surface area contributed by atoms with Gasteiger partial charge in [-0.1, -0.05) is 38.3 Å². The minimum Gasteiger partial charge on any atom is -0.497 e. The molecule has 0 spiro atoms. The molecular weight excluding hydrogens is 304 g/mol. The first-order chi connectivity index (χ1) is 11.5. The number of hydrogen-bond acceptors (Lipinski definition) is 3. The molecule has 1 aliphatic rings. The van der Waals surface area contributed by atoms with E-state index in [1.807, 2.05) is 12.1 Å². The van der Waals surface area contributed by atoms with Gasteiger partial charge in [-0.25, -0.2) is 0 Å². The Morgan fingerprint density at radius 3 is 2.38 bits per heavy atom. The highest BCUT2D eigenvalue weighted by molar-refractivity contribution is 5.84. The zero-order valence-electron chi connectivity index (χ0n) is 14.6. The molecule has 5 nitrogen and oxygen atoms in total. The summed E-state index contributed by atoms with van der Waals surface area (Å²) in [7, 11) is 1.66. The maximum atomic E-state index is 12.3. The molecule has 0 saturated heterocycles. The fraction of sp³-hybridized carbons (Fsp3) is 0.579. The monoisotopic (exact) mass is 332 g/mol. The van der Waals surface area contributed by atoms with Crippen LogP contribution in [0.5, 0.6) is 5.75 Å². The molecule has 2 rings (SSSR count). The number of hydrogen-bond donors (Lipinski definition) is 2. The van der Waals surface area contributed by atoms with E-state index in [2.05, 4.69) is 17.4 Å². The van der Waals surface area contributed by atoms with Gasteiger partial charge in [0.1, 0.15) is 5.75 Å². The Morgan fingerprint density at radius 2 is 1.83 bits per heavy atom. The molecule has 1 aromatic rings. The Bertz CT molecular complexity index is 562. The Hall–Kier alpha value is -2.04. The van der Waals surface area contributed by atoms with Gasteiger partial charge in [-0.15, -0.1) is 0 Å². The third-order valence-corrected chi connectivity index (χ3v) is 5.07. The first-order valence-corrected chi connectivity index (χ1v) is 8.67. The summed E-state index contributed by atoms with van der Waals surface area (Å²) in [5.74, 6) is -0.102. The lowest BCUT2D eigenvalue weighted by Crippen LogP contribution is -2.44. The van der Waals surface area contributed by atoms with Gasteiger partial charge in [0, 0.05) is 24.3 Å². The van der Waals surface area contributed by atoms with Crippen LogP contribution in [0.15, 0.2) is 24.3 Å². The Labute approximate surface area is 143 Å². The smallest absolute Gasteiger partial charge is 0.223 e. The van der Waals surface area contributed by atoms with E-state index < -0.39 is 5.91 Å². The summed E-state index contributed by atoms with van der Waals surface area (Å²) in [6, 6.07) is 8.15. The van der Waals surface area contributed by atoms with E-state index in [1.165, 1.54) is 24.8 Å². The Kier molecular flexibility index (Phi) is 6.23. The van der Waals surface area contributed by atoms with Crippen LogP contribution in [0.2, 0.25) is 0 Å². The summed E-state index contributed by atoms with van der Waals surface area (Å²) in [6.45, 7) is 2.34. The van der Waals surface area contributed by atoms with Crippen molar-refractivity contribution in [1.82, 2.24) is 5.32 Å². The van der Waals surface area contributed by atoms with E-state index >= 15 is 0 Å². The summed E-state index contributed by atoms with van der Waals surface area (Å²) in [4.78, 5) is 23.3. The van der Waals surface area contributed by atoms with Crippen molar-refractivity contribution in [3.8, 4) is 5.75 Å². The fourth-order valence-corrected chi connectivity index (χ4v) is 3.57. The van der Waals surface area contributed by atoms with E-state index in [1.54, 1.807) is 14.0 Å². The molecule has 0 heterocycles. The molecule has 0 aromatic heterocycles. The summed E-state index contributed by atoms with van der Waals surface area (Å²) >= 11 is 0. The van der Waals surface area contributed by atoms with Gasteiger partial charge >= 0.3 is 0 Å². The number of ether oxygens (including phenoxy) is 1. The highest BCUT2D eigenvalue weighted by Gasteiger charge is 2.34. The van der Waals surface area contributed by atoms with Gasteiger partial charge in [0.15, 0.2) is 0 Å². The first-order valence-electron chi connectivity index (χ1n) is 8.67. The van der Waals surface area contributed by atoms with Gasteiger partial charge in [0.25, 0.3) is 0 Å². The summed E-state index contributed by atoms with van der Waals surface area (Å²) in [5, 5.41) is 3.05. The molecule has 0 bridgehead atoms. The summed E-state index contributed by atoms with van der Waals surface area (Å²) in [6.07, 6.45) is 5.77. The quantitative estimate of drug-likeness (QED) is 0.805. The largest absolute Gasteiger partial charge is 0.497 e.